The monoisotopic (exact) mass is 194 g/mol. The minimum absolute atomic E-state index is 0.154. The fourth-order valence-electron chi connectivity index (χ4n) is 1.76. The molecule has 0 saturated carbocycles. The first-order valence-electron chi connectivity index (χ1n) is 4.83. The number of aromatic nitrogens is 2. The van der Waals surface area contributed by atoms with Crippen LogP contribution in [-0.4, -0.2) is 28.0 Å². The SMILES string of the molecule is CC(O)(c1cccnn1)C1CCCO1. The summed E-state index contributed by atoms with van der Waals surface area (Å²) < 4.78 is 5.45. The smallest absolute Gasteiger partial charge is 0.131 e. The third kappa shape index (κ3) is 1.63. The molecule has 0 aromatic carbocycles. The second kappa shape index (κ2) is 3.63. The van der Waals surface area contributed by atoms with E-state index in [2.05, 4.69) is 10.2 Å². The zero-order valence-corrected chi connectivity index (χ0v) is 8.18. The van der Waals surface area contributed by atoms with E-state index in [1.54, 1.807) is 25.3 Å². The van der Waals surface area contributed by atoms with Gasteiger partial charge in [-0.25, -0.2) is 0 Å². The molecule has 1 aliphatic rings. The molecule has 2 unspecified atom stereocenters. The van der Waals surface area contributed by atoms with E-state index in [1.807, 2.05) is 0 Å². The highest BCUT2D eigenvalue weighted by molar-refractivity contribution is 5.11. The van der Waals surface area contributed by atoms with Crippen LogP contribution in [0.1, 0.15) is 25.5 Å². The van der Waals surface area contributed by atoms with Gasteiger partial charge in [-0.05, 0) is 31.9 Å². The Morgan fingerprint density at radius 1 is 1.64 bits per heavy atom. The second-order valence-corrected chi connectivity index (χ2v) is 3.76. The predicted molar refractivity (Wildman–Crippen MR) is 50.6 cm³/mol. The molecular weight excluding hydrogens is 180 g/mol. The van der Waals surface area contributed by atoms with Gasteiger partial charge >= 0.3 is 0 Å². The van der Waals surface area contributed by atoms with E-state index in [4.69, 9.17) is 4.74 Å². The summed E-state index contributed by atoms with van der Waals surface area (Å²) in [5.41, 5.74) is -0.447. The van der Waals surface area contributed by atoms with Gasteiger partial charge in [0.05, 0.1) is 11.8 Å². The maximum atomic E-state index is 10.3. The summed E-state index contributed by atoms with van der Waals surface area (Å²) in [6.45, 7) is 2.45. The van der Waals surface area contributed by atoms with Crippen LogP contribution in [0, 0.1) is 0 Å². The second-order valence-electron chi connectivity index (χ2n) is 3.76. The molecule has 1 aliphatic heterocycles. The molecule has 1 saturated heterocycles. The maximum absolute atomic E-state index is 10.3. The summed E-state index contributed by atoms with van der Waals surface area (Å²) in [7, 11) is 0. The summed E-state index contributed by atoms with van der Waals surface area (Å²) in [6, 6.07) is 3.54. The Labute approximate surface area is 82.9 Å². The van der Waals surface area contributed by atoms with Gasteiger partial charge in [0.15, 0.2) is 0 Å². The molecule has 1 N–H and O–H groups in total. The van der Waals surface area contributed by atoms with E-state index in [9.17, 15) is 5.11 Å². The molecule has 76 valence electrons. The van der Waals surface area contributed by atoms with Crippen molar-refractivity contribution in [2.24, 2.45) is 0 Å². The topological polar surface area (TPSA) is 55.2 Å². The lowest BCUT2D eigenvalue weighted by Crippen LogP contribution is -2.37. The van der Waals surface area contributed by atoms with E-state index in [0.717, 1.165) is 19.4 Å². The fourth-order valence-corrected chi connectivity index (χ4v) is 1.76. The third-order valence-electron chi connectivity index (χ3n) is 2.65. The number of rotatable bonds is 2. The molecule has 1 aromatic rings. The van der Waals surface area contributed by atoms with Crippen LogP contribution in [0.2, 0.25) is 0 Å². The number of hydrogen-bond acceptors (Lipinski definition) is 4. The first kappa shape index (κ1) is 9.55. The standard InChI is InChI=1S/C10H14N2O2/c1-10(13,9-5-3-7-14-9)8-4-2-6-11-12-8/h2,4,6,9,13H,3,5,7H2,1H3. The Kier molecular flexibility index (Phi) is 2.48. The van der Waals surface area contributed by atoms with Gasteiger partial charge in [0.1, 0.15) is 5.60 Å². The van der Waals surface area contributed by atoms with Gasteiger partial charge in [-0.1, -0.05) is 0 Å². The van der Waals surface area contributed by atoms with E-state index in [-0.39, 0.29) is 6.10 Å². The zero-order valence-electron chi connectivity index (χ0n) is 8.18. The Hall–Kier alpha value is -1.00. The highest BCUT2D eigenvalue weighted by Gasteiger charge is 2.38. The Morgan fingerprint density at radius 3 is 3.07 bits per heavy atom. The molecule has 0 radical (unpaired) electrons. The summed E-state index contributed by atoms with van der Waals surface area (Å²) in [5, 5.41) is 17.9. The summed E-state index contributed by atoms with van der Waals surface area (Å²) >= 11 is 0. The van der Waals surface area contributed by atoms with Gasteiger partial charge in [0.2, 0.25) is 0 Å². The zero-order chi connectivity index (χ0) is 10.0. The van der Waals surface area contributed by atoms with Crippen molar-refractivity contribution in [1.29, 1.82) is 0 Å². The molecule has 2 atom stereocenters. The molecular formula is C10H14N2O2. The van der Waals surface area contributed by atoms with Crippen LogP contribution in [0.4, 0.5) is 0 Å². The Bertz CT molecular complexity index is 294. The van der Waals surface area contributed by atoms with Gasteiger partial charge < -0.3 is 9.84 Å². The van der Waals surface area contributed by atoms with Crippen molar-refractivity contribution in [2.45, 2.75) is 31.5 Å². The third-order valence-corrected chi connectivity index (χ3v) is 2.65. The van der Waals surface area contributed by atoms with Crippen LogP contribution in [0.15, 0.2) is 18.3 Å². The lowest BCUT2D eigenvalue weighted by atomic mass is 9.93. The van der Waals surface area contributed by atoms with Crippen LogP contribution in [0.3, 0.4) is 0 Å². The van der Waals surface area contributed by atoms with Crippen molar-refractivity contribution in [3.05, 3.63) is 24.0 Å². The Morgan fingerprint density at radius 2 is 2.50 bits per heavy atom. The number of ether oxygens (including phenoxy) is 1. The summed E-state index contributed by atoms with van der Waals surface area (Å²) in [5.74, 6) is 0. The molecule has 1 fully saturated rings. The van der Waals surface area contributed by atoms with Crippen molar-refractivity contribution < 1.29 is 9.84 Å². The minimum Gasteiger partial charge on any atom is -0.381 e. The molecule has 14 heavy (non-hydrogen) atoms. The lowest BCUT2D eigenvalue weighted by Gasteiger charge is -2.27. The van der Waals surface area contributed by atoms with Crippen LogP contribution < -0.4 is 0 Å². The minimum atomic E-state index is -1.02. The van der Waals surface area contributed by atoms with Crippen LogP contribution in [-0.2, 0) is 10.3 Å². The molecule has 2 heterocycles. The van der Waals surface area contributed by atoms with Crippen molar-refractivity contribution in [3.8, 4) is 0 Å². The van der Waals surface area contributed by atoms with Crippen molar-refractivity contribution in [2.75, 3.05) is 6.61 Å². The first-order valence-corrected chi connectivity index (χ1v) is 4.83. The molecule has 2 rings (SSSR count). The molecule has 4 heteroatoms. The molecule has 0 spiro atoms. The van der Waals surface area contributed by atoms with Crippen molar-refractivity contribution >= 4 is 0 Å². The number of nitrogens with zero attached hydrogens (tertiary/aromatic N) is 2. The van der Waals surface area contributed by atoms with Gasteiger partial charge in [0.25, 0.3) is 0 Å². The van der Waals surface area contributed by atoms with E-state index < -0.39 is 5.60 Å². The maximum Gasteiger partial charge on any atom is 0.131 e. The van der Waals surface area contributed by atoms with E-state index in [1.165, 1.54) is 0 Å². The van der Waals surface area contributed by atoms with Gasteiger partial charge in [-0.15, -0.1) is 0 Å². The van der Waals surface area contributed by atoms with E-state index in [0.29, 0.717) is 5.69 Å². The average Bonchev–Trinajstić information content (AvgIpc) is 2.72. The van der Waals surface area contributed by atoms with E-state index >= 15 is 0 Å². The number of aliphatic hydroxyl groups is 1. The Balaban J connectivity index is 2.22. The number of hydrogen-bond donors (Lipinski definition) is 1. The van der Waals surface area contributed by atoms with Gasteiger partial charge in [0, 0.05) is 12.8 Å². The van der Waals surface area contributed by atoms with Gasteiger partial charge in [-0.3, -0.25) is 0 Å². The van der Waals surface area contributed by atoms with Gasteiger partial charge in [-0.2, -0.15) is 10.2 Å². The average molecular weight is 194 g/mol. The largest absolute Gasteiger partial charge is 0.381 e. The molecule has 4 nitrogen and oxygen atoms in total. The summed E-state index contributed by atoms with van der Waals surface area (Å²) in [6.07, 6.45) is 3.32. The first-order chi connectivity index (χ1) is 6.71. The highest BCUT2D eigenvalue weighted by Crippen LogP contribution is 2.30. The van der Waals surface area contributed by atoms with Crippen molar-refractivity contribution in [3.63, 3.8) is 0 Å². The summed E-state index contributed by atoms with van der Waals surface area (Å²) in [4.78, 5) is 0. The highest BCUT2D eigenvalue weighted by atomic mass is 16.5. The molecule has 1 aromatic heterocycles. The normalized spacial score (nSPS) is 26.0. The molecule has 0 bridgehead atoms. The van der Waals surface area contributed by atoms with Crippen LogP contribution >= 0.6 is 0 Å². The lowest BCUT2D eigenvalue weighted by molar-refractivity contribution is -0.0805. The van der Waals surface area contributed by atoms with Crippen LogP contribution in [0.5, 0.6) is 0 Å². The fraction of sp³-hybridized carbons (Fsp3) is 0.600. The van der Waals surface area contributed by atoms with Crippen LogP contribution in [0.25, 0.3) is 0 Å². The molecule has 0 amide bonds. The quantitative estimate of drug-likeness (QED) is 0.758. The van der Waals surface area contributed by atoms with Crippen molar-refractivity contribution in [1.82, 2.24) is 10.2 Å². The predicted octanol–water partition coefficient (Wildman–Crippen LogP) is 0.863. The molecule has 0 aliphatic carbocycles.